The van der Waals surface area contributed by atoms with Gasteiger partial charge in [0.2, 0.25) is 0 Å². The zero-order valence-electron chi connectivity index (χ0n) is 11.2. The van der Waals surface area contributed by atoms with Gasteiger partial charge < -0.3 is 10.6 Å². The van der Waals surface area contributed by atoms with E-state index in [-0.39, 0.29) is 11.7 Å². The zero-order chi connectivity index (χ0) is 15.6. The van der Waals surface area contributed by atoms with E-state index >= 15 is 0 Å². The van der Waals surface area contributed by atoms with Gasteiger partial charge in [0.05, 0.1) is 10.6 Å². The number of hydrogen-bond acceptors (Lipinski definition) is 4. The lowest BCUT2D eigenvalue weighted by molar-refractivity contribution is -0.0435. The molecule has 20 heavy (non-hydrogen) atoms. The summed E-state index contributed by atoms with van der Waals surface area (Å²) in [5.41, 5.74) is 0.292. The number of rotatable bonds is 5. The molecule has 1 atom stereocenters. The number of anilines is 1. The van der Waals surface area contributed by atoms with Crippen LogP contribution in [0.5, 0.6) is 0 Å². The molecular formula is C12H17F3N2O2S. The molecule has 0 bridgehead atoms. The van der Waals surface area contributed by atoms with E-state index in [0.29, 0.717) is 13.0 Å². The molecule has 0 aliphatic heterocycles. The quantitative estimate of drug-likeness (QED) is 0.905. The highest BCUT2D eigenvalue weighted by atomic mass is 32.2. The van der Waals surface area contributed by atoms with Gasteiger partial charge in [-0.15, -0.1) is 0 Å². The Balaban J connectivity index is 3.18. The maximum Gasteiger partial charge on any atom is 0.501 e. The third-order valence-corrected chi connectivity index (χ3v) is 4.32. The standard InChI is InChI=1S/C12H17F3N2O2S/c1-9(16)7-8-17(2)10-5-3-4-6-11(10)20(18,19)12(13,14)15/h3-6,9H,7-8,16H2,1-2H3. The number of halogens is 3. The van der Waals surface area contributed by atoms with Crippen LogP contribution in [0.1, 0.15) is 13.3 Å². The van der Waals surface area contributed by atoms with E-state index < -0.39 is 20.2 Å². The molecule has 0 saturated heterocycles. The van der Waals surface area contributed by atoms with Crippen LogP contribution in [0, 0.1) is 0 Å². The third-order valence-electron chi connectivity index (χ3n) is 2.79. The molecule has 1 rings (SSSR count). The Kier molecular flexibility index (Phi) is 5.04. The largest absolute Gasteiger partial charge is 0.501 e. The number of nitrogens with zero attached hydrogens (tertiary/aromatic N) is 1. The van der Waals surface area contributed by atoms with E-state index in [0.717, 1.165) is 6.07 Å². The first-order chi connectivity index (χ1) is 9.07. The van der Waals surface area contributed by atoms with Crippen molar-refractivity contribution in [2.24, 2.45) is 5.73 Å². The second kappa shape index (κ2) is 6.01. The molecule has 4 nitrogen and oxygen atoms in total. The smallest absolute Gasteiger partial charge is 0.373 e. The first-order valence-corrected chi connectivity index (χ1v) is 7.43. The minimum atomic E-state index is -5.36. The van der Waals surface area contributed by atoms with Crippen molar-refractivity contribution >= 4 is 15.5 Å². The van der Waals surface area contributed by atoms with E-state index in [2.05, 4.69) is 0 Å². The minimum Gasteiger partial charge on any atom is -0.373 e. The fourth-order valence-electron chi connectivity index (χ4n) is 1.64. The molecule has 1 aromatic carbocycles. The summed E-state index contributed by atoms with van der Waals surface area (Å²) in [7, 11) is -3.83. The van der Waals surface area contributed by atoms with Gasteiger partial charge in [0, 0.05) is 19.6 Å². The Morgan fingerprint density at radius 2 is 1.85 bits per heavy atom. The van der Waals surface area contributed by atoms with Crippen LogP contribution in [0.3, 0.4) is 0 Å². The lowest BCUT2D eigenvalue weighted by Gasteiger charge is -2.23. The third kappa shape index (κ3) is 3.63. The molecule has 0 aliphatic rings. The summed E-state index contributed by atoms with van der Waals surface area (Å²) in [6.07, 6.45) is 0.539. The van der Waals surface area contributed by atoms with Crippen LogP contribution in [-0.2, 0) is 9.84 Å². The summed E-state index contributed by atoms with van der Waals surface area (Å²) in [6.45, 7) is 2.13. The van der Waals surface area contributed by atoms with E-state index in [1.165, 1.54) is 30.1 Å². The number of benzene rings is 1. The molecule has 1 unspecified atom stereocenters. The maximum atomic E-state index is 12.7. The van der Waals surface area contributed by atoms with Crippen LogP contribution in [0.25, 0.3) is 0 Å². The highest BCUT2D eigenvalue weighted by Crippen LogP contribution is 2.35. The number of hydrogen-bond donors (Lipinski definition) is 1. The highest BCUT2D eigenvalue weighted by Gasteiger charge is 2.48. The van der Waals surface area contributed by atoms with Crippen LogP contribution in [-0.4, -0.2) is 33.6 Å². The Morgan fingerprint density at radius 3 is 2.35 bits per heavy atom. The molecule has 0 fully saturated rings. The van der Waals surface area contributed by atoms with Gasteiger partial charge in [-0.3, -0.25) is 0 Å². The Labute approximate surface area is 116 Å². The lowest BCUT2D eigenvalue weighted by atomic mass is 10.2. The molecule has 2 N–H and O–H groups in total. The van der Waals surface area contributed by atoms with Crippen LogP contribution >= 0.6 is 0 Å². The van der Waals surface area contributed by atoms with Crippen molar-refractivity contribution in [3.05, 3.63) is 24.3 Å². The van der Waals surface area contributed by atoms with Crippen molar-refractivity contribution in [2.75, 3.05) is 18.5 Å². The summed E-state index contributed by atoms with van der Waals surface area (Å²) < 4.78 is 61.0. The number of sulfone groups is 1. The summed E-state index contributed by atoms with van der Waals surface area (Å²) in [5, 5.41) is 0. The van der Waals surface area contributed by atoms with Crippen molar-refractivity contribution in [3.63, 3.8) is 0 Å². The van der Waals surface area contributed by atoms with Gasteiger partial charge in [-0.25, -0.2) is 8.42 Å². The SMILES string of the molecule is CC(N)CCN(C)c1ccccc1S(=O)(=O)C(F)(F)F. The second-order valence-corrected chi connectivity index (χ2v) is 6.51. The van der Waals surface area contributed by atoms with Crippen molar-refractivity contribution in [2.45, 2.75) is 29.8 Å². The predicted octanol–water partition coefficient (Wildman–Crippen LogP) is 2.15. The molecule has 0 amide bonds. The van der Waals surface area contributed by atoms with Gasteiger partial charge in [0.1, 0.15) is 0 Å². The number of para-hydroxylation sites is 1. The molecule has 0 radical (unpaired) electrons. The van der Waals surface area contributed by atoms with Crippen molar-refractivity contribution in [1.82, 2.24) is 0 Å². The average molecular weight is 310 g/mol. The van der Waals surface area contributed by atoms with Crippen molar-refractivity contribution in [3.8, 4) is 0 Å². The van der Waals surface area contributed by atoms with Crippen LogP contribution in [0.2, 0.25) is 0 Å². The van der Waals surface area contributed by atoms with Crippen LogP contribution in [0.4, 0.5) is 18.9 Å². The summed E-state index contributed by atoms with van der Waals surface area (Å²) in [4.78, 5) is 0.724. The monoisotopic (exact) mass is 310 g/mol. The van der Waals surface area contributed by atoms with Gasteiger partial charge in [-0.1, -0.05) is 12.1 Å². The molecular weight excluding hydrogens is 293 g/mol. The molecule has 1 aromatic rings. The highest BCUT2D eigenvalue weighted by molar-refractivity contribution is 7.92. The van der Waals surface area contributed by atoms with Crippen LogP contribution in [0.15, 0.2) is 29.2 Å². The minimum absolute atomic E-state index is 0.0190. The topological polar surface area (TPSA) is 63.4 Å². The molecule has 0 heterocycles. The van der Waals surface area contributed by atoms with Gasteiger partial charge in [-0.05, 0) is 25.5 Å². The zero-order valence-corrected chi connectivity index (χ0v) is 12.0. The second-order valence-electron chi connectivity index (χ2n) is 4.60. The lowest BCUT2D eigenvalue weighted by Crippen LogP contribution is -2.29. The molecule has 0 spiro atoms. The summed E-state index contributed by atoms with van der Waals surface area (Å²) in [5.74, 6) is 0. The van der Waals surface area contributed by atoms with Gasteiger partial charge >= 0.3 is 5.51 Å². The Hall–Kier alpha value is -1.28. The van der Waals surface area contributed by atoms with E-state index in [4.69, 9.17) is 5.73 Å². The fourth-order valence-corrected chi connectivity index (χ4v) is 2.65. The number of alkyl halides is 3. The van der Waals surface area contributed by atoms with Crippen LogP contribution < -0.4 is 10.6 Å². The molecule has 0 saturated carbocycles. The van der Waals surface area contributed by atoms with Gasteiger partial charge in [-0.2, -0.15) is 13.2 Å². The first-order valence-electron chi connectivity index (χ1n) is 5.94. The molecule has 0 aliphatic carbocycles. The van der Waals surface area contributed by atoms with Gasteiger partial charge in [0.15, 0.2) is 0 Å². The van der Waals surface area contributed by atoms with E-state index in [1.807, 2.05) is 0 Å². The first kappa shape index (κ1) is 16.8. The van der Waals surface area contributed by atoms with Gasteiger partial charge in [0.25, 0.3) is 9.84 Å². The Bertz CT molecular complexity index is 556. The summed E-state index contributed by atoms with van der Waals surface area (Å²) in [6, 6.07) is 4.94. The fraction of sp³-hybridized carbons (Fsp3) is 0.500. The molecule has 0 aromatic heterocycles. The Morgan fingerprint density at radius 1 is 1.30 bits per heavy atom. The predicted molar refractivity (Wildman–Crippen MR) is 71.2 cm³/mol. The number of nitrogens with two attached hydrogens (primary N) is 1. The molecule has 114 valence electrons. The molecule has 8 heteroatoms. The van der Waals surface area contributed by atoms with Crippen molar-refractivity contribution in [1.29, 1.82) is 0 Å². The van der Waals surface area contributed by atoms with Crippen molar-refractivity contribution < 1.29 is 21.6 Å². The van der Waals surface area contributed by atoms with E-state index in [1.54, 1.807) is 6.92 Å². The maximum absolute atomic E-state index is 12.7. The summed E-state index contributed by atoms with van der Waals surface area (Å²) >= 11 is 0. The van der Waals surface area contributed by atoms with E-state index in [9.17, 15) is 21.6 Å². The normalized spacial score (nSPS) is 14.1. The average Bonchev–Trinajstić information content (AvgIpc) is 2.34.